The fraction of sp³-hybridized carbons (Fsp3) is 0.333. The molecule has 3 nitrogen and oxygen atoms in total. The van der Waals surface area contributed by atoms with Crippen LogP contribution in [-0.2, 0) is 16.4 Å². The lowest BCUT2D eigenvalue weighted by atomic mass is 10.1. The minimum atomic E-state index is -3.61. The van der Waals surface area contributed by atoms with Crippen LogP contribution in [0.2, 0.25) is 0 Å². The molecule has 26 heavy (non-hydrogen) atoms. The van der Waals surface area contributed by atoms with E-state index in [0.717, 1.165) is 40.8 Å². The predicted octanol–water partition coefficient (Wildman–Crippen LogP) is 5.72. The van der Waals surface area contributed by atoms with Crippen LogP contribution < -0.4 is 0 Å². The van der Waals surface area contributed by atoms with E-state index in [1.807, 2.05) is 30.5 Å². The van der Waals surface area contributed by atoms with Crippen molar-refractivity contribution in [3.63, 3.8) is 0 Å². The predicted molar refractivity (Wildman–Crippen MR) is 111 cm³/mol. The van der Waals surface area contributed by atoms with Gasteiger partial charge in [-0.15, -0.1) is 11.8 Å². The van der Waals surface area contributed by atoms with E-state index in [4.69, 9.17) is 0 Å². The molecule has 0 aliphatic carbocycles. The van der Waals surface area contributed by atoms with Crippen LogP contribution in [-0.4, -0.2) is 18.6 Å². The highest BCUT2D eigenvalue weighted by molar-refractivity contribution is 7.98. The summed E-state index contributed by atoms with van der Waals surface area (Å²) < 4.78 is 28.2. The third-order valence-electron chi connectivity index (χ3n) is 4.60. The average molecular weight is 388 g/mol. The van der Waals surface area contributed by atoms with Crippen molar-refractivity contribution in [2.75, 3.05) is 6.26 Å². The Bertz CT molecular complexity index is 976. The Kier molecular flexibility index (Phi) is 6.09. The fourth-order valence-electron chi connectivity index (χ4n) is 3.24. The fourth-order valence-corrected chi connectivity index (χ4v) is 5.28. The van der Waals surface area contributed by atoms with Gasteiger partial charge >= 0.3 is 0 Å². The van der Waals surface area contributed by atoms with E-state index in [1.54, 1.807) is 40.0 Å². The largest absolute Gasteiger partial charge is 0.268 e. The molecule has 0 radical (unpaired) electrons. The number of hydrogen-bond acceptors (Lipinski definition) is 3. The zero-order valence-corrected chi connectivity index (χ0v) is 16.9. The standard InChI is InChI=1S/C21H25NO2S2/c1-3-4-5-7-10-18-15-17-16-19(25-2)13-14-21(17)22(18)26(23,24)20-11-8-6-9-12-20/h6,8-9,11-16H,3-5,7,10H2,1-2H3. The molecule has 0 atom stereocenters. The van der Waals surface area contributed by atoms with Gasteiger partial charge in [-0.3, -0.25) is 0 Å². The van der Waals surface area contributed by atoms with Crippen molar-refractivity contribution < 1.29 is 8.42 Å². The second-order valence-electron chi connectivity index (χ2n) is 6.45. The lowest BCUT2D eigenvalue weighted by molar-refractivity contribution is 0.584. The Morgan fingerprint density at radius 1 is 0.962 bits per heavy atom. The van der Waals surface area contributed by atoms with Crippen LogP contribution in [0.3, 0.4) is 0 Å². The van der Waals surface area contributed by atoms with E-state index >= 15 is 0 Å². The van der Waals surface area contributed by atoms with Crippen LogP contribution in [0.1, 0.15) is 38.3 Å². The molecule has 3 aromatic rings. The smallest absolute Gasteiger partial charge is 0.238 e. The Morgan fingerprint density at radius 3 is 2.42 bits per heavy atom. The van der Waals surface area contributed by atoms with Gasteiger partial charge in [0, 0.05) is 16.0 Å². The number of aromatic nitrogens is 1. The number of thioether (sulfide) groups is 1. The quantitative estimate of drug-likeness (QED) is 0.366. The second kappa shape index (κ2) is 8.31. The third-order valence-corrected chi connectivity index (χ3v) is 7.11. The summed E-state index contributed by atoms with van der Waals surface area (Å²) >= 11 is 1.67. The lowest BCUT2D eigenvalue weighted by Gasteiger charge is -2.12. The van der Waals surface area contributed by atoms with Gasteiger partial charge in [-0.25, -0.2) is 12.4 Å². The zero-order chi connectivity index (χ0) is 18.6. The molecule has 0 saturated carbocycles. The number of benzene rings is 2. The molecule has 0 aliphatic heterocycles. The highest BCUT2D eigenvalue weighted by atomic mass is 32.2. The summed E-state index contributed by atoms with van der Waals surface area (Å²) in [5.41, 5.74) is 1.63. The third kappa shape index (κ3) is 3.84. The summed E-state index contributed by atoms with van der Waals surface area (Å²) in [6.45, 7) is 2.18. The van der Waals surface area contributed by atoms with Crippen molar-refractivity contribution in [3.05, 3.63) is 60.3 Å². The van der Waals surface area contributed by atoms with Gasteiger partial charge in [0.05, 0.1) is 10.4 Å². The van der Waals surface area contributed by atoms with E-state index in [9.17, 15) is 8.42 Å². The van der Waals surface area contributed by atoms with E-state index in [0.29, 0.717) is 4.90 Å². The minimum absolute atomic E-state index is 0.334. The number of unbranched alkanes of at least 4 members (excludes halogenated alkanes) is 3. The lowest BCUT2D eigenvalue weighted by Crippen LogP contribution is -2.15. The van der Waals surface area contributed by atoms with Crippen molar-refractivity contribution in [2.24, 2.45) is 0 Å². The van der Waals surface area contributed by atoms with Gasteiger partial charge in [-0.2, -0.15) is 0 Å². The molecule has 138 valence electrons. The van der Waals surface area contributed by atoms with Crippen molar-refractivity contribution in [2.45, 2.75) is 48.8 Å². The molecule has 0 amide bonds. The zero-order valence-electron chi connectivity index (χ0n) is 15.3. The number of fused-ring (bicyclic) bond motifs is 1. The van der Waals surface area contributed by atoms with Gasteiger partial charge in [-0.1, -0.05) is 44.4 Å². The Labute approximate surface area is 160 Å². The molecule has 3 rings (SSSR count). The summed E-state index contributed by atoms with van der Waals surface area (Å²) in [4.78, 5) is 1.48. The Morgan fingerprint density at radius 2 is 1.73 bits per heavy atom. The molecule has 0 N–H and O–H groups in total. The van der Waals surface area contributed by atoms with Crippen molar-refractivity contribution in [1.29, 1.82) is 0 Å². The van der Waals surface area contributed by atoms with E-state index in [1.165, 1.54) is 12.8 Å². The van der Waals surface area contributed by atoms with E-state index < -0.39 is 10.0 Å². The molecule has 0 unspecified atom stereocenters. The molecule has 0 saturated heterocycles. The van der Waals surface area contributed by atoms with Gasteiger partial charge < -0.3 is 0 Å². The topological polar surface area (TPSA) is 39.1 Å². The molecular weight excluding hydrogens is 362 g/mol. The molecular formula is C21H25NO2S2. The average Bonchev–Trinajstić information content (AvgIpc) is 3.04. The molecule has 0 spiro atoms. The highest BCUT2D eigenvalue weighted by Gasteiger charge is 2.22. The molecule has 1 aromatic heterocycles. The van der Waals surface area contributed by atoms with Gasteiger partial charge in [0.2, 0.25) is 0 Å². The first-order valence-corrected chi connectivity index (χ1v) is 11.7. The molecule has 2 aromatic carbocycles. The summed E-state index contributed by atoms with van der Waals surface area (Å²) in [5.74, 6) is 0. The van der Waals surface area contributed by atoms with Gasteiger partial charge in [0.15, 0.2) is 0 Å². The summed E-state index contributed by atoms with van der Waals surface area (Å²) in [6.07, 6.45) is 7.29. The van der Waals surface area contributed by atoms with Gasteiger partial charge in [0.25, 0.3) is 10.0 Å². The first kappa shape index (κ1) is 19.1. The van der Waals surface area contributed by atoms with Crippen molar-refractivity contribution in [3.8, 4) is 0 Å². The van der Waals surface area contributed by atoms with Gasteiger partial charge in [-0.05, 0) is 55.5 Å². The van der Waals surface area contributed by atoms with Gasteiger partial charge in [0.1, 0.15) is 0 Å². The van der Waals surface area contributed by atoms with Crippen LogP contribution in [0.15, 0.2) is 64.4 Å². The molecule has 0 fully saturated rings. The van der Waals surface area contributed by atoms with E-state index in [2.05, 4.69) is 13.0 Å². The number of rotatable bonds is 8. The van der Waals surface area contributed by atoms with Crippen LogP contribution >= 0.6 is 11.8 Å². The maximum absolute atomic E-state index is 13.3. The molecule has 0 bridgehead atoms. The second-order valence-corrected chi connectivity index (χ2v) is 9.12. The van der Waals surface area contributed by atoms with Crippen molar-refractivity contribution in [1.82, 2.24) is 3.97 Å². The first-order chi connectivity index (χ1) is 12.6. The molecule has 1 heterocycles. The Balaban J connectivity index is 2.11. The van der Waals surface area contributed by atoms with Crippen LogP contribution in [0.4, 0.5) is 0 Å². The number of aryl methyl sites for hydroxylation is 1. The van der Waals surface area contributed by atoms with Crippen molar-refractivity contribution >= 4 is 32.7 Å². The summed E-state index contributed by atoms with van der Waals surface area (Å²) in [7, 11) is -3.61. The number of hydrogen-bond donors (Lipinski definition) is 0. The van der Waals surface area contributed by atoms with Crippen LogP contribution in [0, 0.1) is 0 Å². The highest BCUT2D eigenvalue weighted by Crippen LogP contribution is 2.29. The summed E-state index contributed by atoms with van der Waals surface area (Å²) in [5, 5.41) is 0.988. The monoisotopic (exact) mass is 387 g/mol. The SMILES string of the molecule is CCCCCCc1cc2cc(SC)ccc2n1S(=O)(=O)c1ccccc1. The normalized spacial score (nSPS) is 11.9. The Hall–Kier alpha value is -1.72. The maximum Gasteiger partial charge on any atom is 0.268 e. The minimum Gasteiger partial charge on any atom is -0.238 e. The molecule has 0 aliphatic rings. The first-order valence-electron chi connectivity index (χ1n) is 9.07. The summed E-state index contributed by atoms with van der Waals surface area (Å²) in [6, 6.07) is 16.7. The van der Waals surface area contributed by atoms with Crippen LogP contribution in [0.5, 0.6) is 0 Å². The van der Waals surface area contributed by atoms with E-state index in [-0.39, 0.29) is 0 Å². The number of nitrogens with zero attached hydrogens (tertiary/aromatic N) is 1. The maximum atomic E-state index is 13.3. The molecule has 5 heteroatoms. The van der Waals surface area contributed by atoms with Crippen LogP contribution in [0.25, 0.3) is 10.9 Å².